The van der Waals surface area contributed by atoms with Gasteiger partial charge in [-0.05, 0) is 43.3 Å². The Morgan fingerprint density at radius 3 is 2.57 bits per heavy atom. The Morgan fingerprint density at radius 2 is 1.83 bits per heavy atom. The molecule has 10 heteroatoms. The first-order valence-electron chi connectivity index (χ1n) is 13.6. The van der Waals surface area contributed by atoms with Gasteiger partial charge >= 0.3 is 0 Å². The molecule has 3 N–H and O–H groups in total. The van der Waals surface area contributed by atoms with Crippen LogP contribution in [0.15, 0.2) is 89.9 Å². The number of carbonyl (C=O) groups is 1. The van der Waals surface area contributed by atoms with Crippen molar-refractivity contribution >= 4 is 17.4 Å². The summed E-state index contributed by atoms with van der Waals surface area (Å²) in [4.78, 5) is 35.6. The van der Waals surface area contributed by atoms with Crippen molar-refractivity contribution in [1.82, 2.24) is 19.3 Å². The molecule has 1 atom stereocenters. The van der Waals surface area contributed by atoms with Gasteiger partial charge in [0.25, 0.3) is 11.5 Å². The number of amides is 1. The Labute approximate surface area is 242 Å². The predicted molar refractivity (Wildman–Crippen MR) is 161 cm³/mol. The van der Waals surface area contributed by atoms with Crippen LogP contribution in [0, 0.1) is 6.92 Å². The maximum absolute atomic E-state index is 13.2. The van der Waals surface area contributed by atoms with E-state index in [4.69, 9.17) is 20.2 Å². The van der Waals surface area contributed by atoms with Gasteiger partial charge in [0.2, 0.25) is 0 Å². The van der Waals surface area contributed by atoms with E-state index < -0.39 is 5.91 Å². The zero-order valence-corrected chi connectivity index (χ0v) is 23.3. The van der Waals surface area contributed by atoms with Gasteiger partial charge in [0.05, 0.1) is 36.5 Å². The summed E-state index contributed by atoms with van der Waals surface area (Å²) in [7, 11) is 1.75. The molecule has 1 unspecified atom stereocenters. The Morgan fingerprint density at radius 1 is 1.05 bits per heavy atom. The van der Waals surface area contributed by atoms with Crippen molar-refractivity contribution in [1.29, 1.82) is 0 Å². The van der Waals surface area contributed by atoms with Gasteiger partial charge in [-0.25, -0.2) is 14.6 Å². The summed E-state index contributed by atoms with van der Waals surface area (Å²) >= 11 is 0. The van der Waals surface area contributed by atoms with E-state index in [0.29, 0.717) is 41.7 Å². The summed E-state index contributed by atoms with van der Waals surface area (Å²) in [5.74, 6) is 0.544. The van der Waals surface area contributed by atoms with Gasteiger partial charge in [0.1, 0.15) is 28.9 Å². The van der Waals surface area contributed by atoms with Gasteiger partial charge in [0, 0.05) is 30.3 Å². The number of aromatic nitrogens is 4. The Kier molecular flexibility index (Phi) is 7.28. The molecule has 212 valence electrons. The number of hydrogen-bond donors (Lipinski definition) is 2. The molecular formula is C32H30N6O4. The molecule has 6 rings (SSSR count). The number of rotatable bonds is 7. The van der Waals surface area contributed by atoms with Crippen molar-refractivity contribution in [2.24, 2.45) is 7.05 Å². The number of nitrogens with two attached hydrogens (primary N) is 1. The molecule has 10 nitrogen and oxygen atoms in total. The number of para-hydroxylation sites is 1. The molecule has 1 aliphatic heterocycles. The zero-order valence-electron chi connectivity index (χ0n) is 23.3. The van der Waals surface area contributed by atoms with Gasteiger partial charge in [-0.1, -0.05) is 42.5 Å². The smallest absolute Gasteiger partial charge is 0.284 e. The van der Waals surface area contributed by atoms with Gasteiger partial charge in [0.15, 0.2) is 0 Å². The lowest BCUT2D eigenvalue weighted by Crippen LogP contribution is -2.25. The molecule has 1 saturated heterocycles. The fourth-order valence-electron chi connectivity index (χ4n) is 5.01. The van der Waals surface area contributed by atoms with E-state index in [1.165, 1.54) is 4.68 Å². The van der Waals surface area contributed by atoms with Gasteiger partial charge in [-0.15, -0.1) is 0 Å². The maximum atomic E-state index is 13.2. The molecule has 1 aliphatic rings. The molecule has 42 heavy (non-hydrogen) atoms. The number of nitrogen functional groups attached to an aromatic ring is 1. The summed E-state index contributed by atoms with van der Waals surface area (Å²) in [6, 6.07) is 24.0. The minimum absolute atomic E-state index is 0.0445. The number of hydrogen-bond acceptors (Lipinski definition) is 7. The second-order valence-electron chi connectivity index (χ2n) is 10.1. The summed E-state index contributed by atoms with van der Waals surface area (Å²) in [5.41, 5.74) is 10.4. The van der Waals surface area contributed by atoms with E-state index in [1.807, 2.05) is 54.6 Å². The number of benzene rings is 3. The van der Waals surface area contributed by atoms with Crippen molar-refractivity contribution < 1.29 is 14.3 Å². The van der Waals surface area contributed by atoms with Crippen LogP contribution in [-0.2, 0) is 11.8 Å². The highest BCUT2D eigenvalue weighted by molar-refractivity contribution is 6.05. The first-order valence-corrected chi connectivity index (χ1v) is 13.6. The average molecular weight is 563 g/mol. The lowest BCUT2D eigenvalue weighted by Gasteiger charge is -2.13. The van der Waals surface area contributed by atoms with E-state index in [1.54, 1.807) is 49.1 Å². The fourth-order valence-corrected chi connectivity index (χ4v) is 5.01. The lowest BCUT2D eigenvalue weighted by molar-refractivity contribution is 0.102. The summed E-state index contributed by atoms with van der Waals surface area (Å²) in [5, 5.41) is 2.84. The van der Waals surface area contributed by atoms with Crippen molar-refractivity contribution in [2.45, 2.75) is 19.4 Å². The number of ether oxygens (including phenoxy) is 2. The minimum atomic E-state index is -0.483. The highest BCUT2D eigenvalue weighted by Gasteiger charge is 2.22. The van der Waals surface area contributed by atoms with E-state index in [2.05, 4.69) is 10.3 Å². The molecular weight excluding hydrogens is 532 g/mol. The second-order valence-corrected chi connectivity index (χ2v) is 10.1. The van der Waals surface area contributed by atoms with Crippen LogP contribution in [-0.4, -0.2) is 44.6 Å². The van der Waals surface area contributed by atoms with Crippen LogP contribution in [0.25, 0.3) is 28.2 Å². The van der Waals surface area contributed by atoms with Gasteiger partial charge < -0.3 is 20.5 Å². The first kappa shape index (κ1) is 27.0. The molecule has 0 radical (unpaired) electrons. The molecule has 3 heterocycles. The third-order valence-corrected chi connectivity index (χ3v) is 7.32. The van der Waals surface area contributed by atoms with Crippen LogP contribution < -0.4 is 21.3 Å². The Hall–Kier alpha value is -5.22. The Bertz CT molecular complexity index is 1810. The predicted octanol–water partition coefficient (Wildman–Crippen LogP) is 4.61. The number of anilines is 2. The van der Waals surface area contributed by atoms with E-state index in [-0.39, 0.29) is 23.0 Å². The van der Waals surface area contributed by atoms with E-state index in [9.17, 15) is 9.59 Å². The third-order valence-electron chi connectivity index (χ3n) is 7.32. The molecule has 1 amide bonds. The molecule has 0 aliphatic carbocycles. The number of carbonyl (C=O) groups excluding carboxylic acids is 1. The highest BCUT2D eigenvalue weighted by atomic mass is 16.5. The molecule has 0 saturated carbocycles. The van der Waals surface area contributed by atoms with Crippen LogP contribution in [0.3, 0.4) is 0 Å². The number of nitrogens with one attached hydrogen (secondary N) is 1. The molecule has 0 bridgehead atoms. The summed E-state index contributed by atoms with van der Waals surface area (Å²) in [6.07, 6.45) is 2.54. The van der Waals surface area contributed by atoms with Crippen molar-refractivity contribution in [2.75, 3.05) is 24.3 Å². The maximum Gasteiger partial charge on any atom is 0.284 e. The molecule has 0 spiro atoms. The molecule has 5 aromatic rings. The van der Waals surface area contributed by atoms with Crippen LogP contribution in [0.1, 0.15) is 22.5 Å². The van der Waals surface area contributed by atoms with Gasteiger partial charge in [-0.2, -0.15) is 0 Å². The minimum Gasteiger partial charge on any atom is -0.488 e. The topological polar surface area (TPSA) is 126 Å². The van der Waals surface area contributed by atoms with Crippen molar-refractivity contribution in [3.63, 3.8) is 0 Å². The van der Waals surface area contributed by atoms with Crippen LogP contribution in [0.4, 0.5) is 11.5 Å². The molecule has 3 aromatic carbocycles. The fraction of sp³-hybridized carbons (Fsp3) is 0.188. The SMILES string of the molecule is Cc1c(C(=O)Nc2ccc(-c3nc(-c4cccc(OC5CCOC5)c4)cnc3N)cc2)c(=O)n(-c2ccccc2)n1C. The van der Waals surface area contributed by atoms with Crippen LogP contribution in [0.5, 0.6) is 5.75 Å². The van der Waals surface area contributed by atoms with Gasteiger partial charge in [-0.3, -0.25) is 14.3 Å². The van der Waals surface area contributed by atoms with E-state index >= 15 is 0 Å². The normalized spacial score (nSPS) is 14.6. The third kappa shape index (κ3) is 5.27. The zero-order chi connectivity index (χ0) is 29.2. The monoisotopic (exact) mass is 562 g/mol. The molecule has 1 fully saturated rings. The van der Waals surface area contributed by atoms with Crippen molar-refractivity contribution in [3.8, 4) is 34.0 Å². The van der Waals surface area contributed by atoms with E-state index in [0.717, 1.165) is 23.3 Å². The molecule has 2 aromatic heterocycles. The summed E-state index contributed by atoms with van der Waals surface area (Å²) < 4.78 is 14.6. The van der Waals surface area contributed by atoms with Crippen LogP contribution >= 0.6 is 0 Å². The summed E-state index contributed by atoms with van der Waals surface area (Å²) in [6.45, 7) is 3.04. The average Bonchev–Trinajstić information content (AvgIpc) is 3.59. The lowest BCUT2D eigenvalue weighted by atomic mass is 10.1. The van der Waals surface area contributed by atoms with Crippen molar-refractivity contribution in [3.05, 3.63) is 107 Å². The largest absolute Gasteiger partial charge is 0.488 e. The second kappa shape index (κ2) is 11.3. The van der Waals surface area contributed by atoms with Crippen LogP contribution in [0.2, 0.25) is 0 Å². The number of nitrogens with zero attached hydrogens (tertiary/aromatic N) is 4. The highest BCUT2D eigenvalue weighted by Crippen LogP contribution is 2.29. The first-order chi connectivity index (χ1) is 20.4. The standard InChI is InChI=1S/C32H30N6O4/c1-20-28(32(40)38(37(20)2)24-8-4-3-5-9-24)31(39)35-23-13-11-21(12-14-23)29-30(33)34-18-27(36-29)22-7-6-10-25(17-22)42-26-15-16-41-19-26/h3-14,17-18,26H,15-16,19H2,1-2H3,(H2,33,34)(H,35,39). The Balaban J connectivity index is 1.22. The quantitative estimate of drug-likeness (QED) is 0.297.